The molecule has 0 N–H and O–H groups in total. The van der Waals surface area contributed by atoms with E-state index < -0.39 is 15.7 Å². The third kappa shape index (κ3) is 5.38. The van der Waals surface area contributed by atoms with Crippen molar-refractivity contribution in [3.63, 3.8) is 0 Å². The number of hydrogen-bond donors (Lipinski definition) is 0. The second-order valence-electron chi connectivity index (χ2n) is 7.20. The minimum Gasteiger partial charge on any atom is -0.308 e. The zero-order valence-electron chi connectivity index (χ0n) is 17.8. The Kier molecular flexibility index (Phi) is 8.47. The van der Waals surface area contributed by atoms with Crippen LogP contribution in [0.1, 0.15) is 22.8 Å². The van der Waals surface area contributed by atoms with Crippen molar-refractivity contribution < 1.29 is 13.2 Å². The van der Waals surface area contributed by atoms with Crippen LogP contribution in [0.5, 0.6) is 0 Å². The van der Waals surface area contributed by atoms with Gasteiger partial charge in [0.2, 0.25) is 0 Å². The maximum Gasteiger partial charge on any atom is 0.261 e. The molecule has 6 nitrogen and oxygen atoms in total. The lowest BCUT2D eigenvalue weighted by Crippen LogP contribution is -2.37. The standard InChI is InChI=1S/C21H24ClN3O3S2.ClH/c1-5-30(27,28)17-9-7-6-8-15(17)20(26)25(13-12-24(3)4)21-23-18-14(2)10-11-16(22)19(18)29-21;/h6-11H,5,12-13H2,1-4H3;1H. The molecule has 3 aromatic rings. The van der Waals surface area contributed by atoms with Crippen LogP contribution in [0.3, 0.4) is 0 Å². The number of halogens is 2. The van der Waals surface area contributed by atoms with E-state index >= 15 is 0 Å². The molecule has 0 aliphatic rings. The first-order chi connectivity index (χ1) is 14.2. The monoisotopic (exact) mass is 501 g/mol. The fourth-order valence-corrected chi connectivity index (χ4v) is 5.43. The minimum absolute atomic E-state index is 0. The van der Waals surface area contributed by atoms with Crippen molar-refractivity contribution in [1.29, 1.82) is 0 Å². The number of rotatable bonds is 7. The summed E-state index contributed by atoms with van der Waals surface area (Å²) < 4.78 is 26.0. The average Bonchev–Trinajstić information content (AvgIpc) is 3.17. The third-order valence-corrected chi connectivity index (χ3v) is 8.09. The van der Waals surface area contributed by atoms with Crippen molar-refractivity contribution in [3.8, 4) is 0 Å². The first-order valence-electron chi connectivity index (χ1n) is 9.49. The van der Waals surface area contributed by atoms with Crippen molar-refractivity contribution in [1.82, 2.24) is 9.88 Å². The molecule has 0 bridgehead atoms. The van der Waals surface area contributed by atoms with Crippen molar-refractivity contribution in [2.24, 2.45) is 0 Å². The highest BCUT2D eigenvalue weighted by atomic mass is 35.5. The van der Waals surface area contributed by atoms with Crippen molar-refractivity contribution in [2.75, 3.05) is 37.8 Å². The summed E-state index contributed by atoms with van der Waals surface area (Å²) in [5.74, 6) is -0.470. The summed E-state index contributed by atoms with van der Waals surface area (Å²) in [6, 6.07) is 10.0. The van der Waals surface area contributed by atoms with Gasteiger partial charge >= 0.3 is 0 Å². The molecule has 0 aliphatic heterocycles. The van der Waals surface area contributed by atoms with Gasteiger partial charge in [-0.05, 0) is 44.8 Å². The van der Waals surface area contributed by atoms with E-state index in [1.807, 2.05) is 38.1 Å². The van der Waals surface area contributed by atoms with Crippen LogP contribution < -0.4 is 4.90 Å². The van der Waals surface area contributed by atoms with Crippen molar-refractivity contribution in [2.45, 2.75) is 18.7 Å². The van der Waals surface area contributed by atoms with Crippen molar-refractivity contribution in [3.05, 3.63) is 52.5 Å². The van der Waals surface area contributed by atoms with E-state index in [0.717, 1.165) is 15.8 Å². The number of sulfone groups is 1. The van der Waals surface area contributed by atoms with Crippen LogP contribution in [0.2, 0.25) is 5.02 Å². The van der Waals surface area contributed by atoms with Gasteiger partial charge in [-0.2, -0.15) is 0 Å². The summed E-state index contributed by atoms with van der Waals surface area (Å²) in [6.07, 6.45) is 0. The number of anilines is 1. The molecule has 1 aromatic heterocycles. The van der Waals surface area contributed by atoms with E-state index in [9.17, 15) is 13.2 Å². The molecule has 0 unspecified atom stereocenters. The molecule has 0 saturated heterocycles. The third-order valence-electron chi connectivity index (χ3n) is 4.77. The summed E-state index contributed by atoms with van der Waals surface area (Å²) in [6.45, 7) is 4.47. The minimum atomic E-state index is -3.55. The molecule has 10 heteroatoms. The fraction of sp³-hybridized carbons (Fsp3) is 0.333. The molecule has 0 saturated carbocycles. The SMILES string of the molecule is CCS(=O)(=O)c1ccccc1C(=O)N(CCN(C)C)c1nc2c(C)ccc(Cl)c2s1.Cl. The molecule has 168 valence electrons. The quantitative estimate of drug-likeness (QED) is 0.469. The predicted octanol–water partition coefficient (Wildman–Crippen LogP) is 4.68. The van der Waals surface area contributed by atoms with Crippen LogP contribution in [0, 0.1) is 6.92 Å². The van der Waals surface area contributed by atoms with Crippen LogP contribution in [0.15, 0.2) is 41.3 Å². The molecule has 0 spiro atoms. The number of fused-ring (bicyclic) bond motifs is 1. The topological polar surface area (TPSA) is 70.6 Å². The summed E-state index contributed by atoms with van der Waals surface area (Å²) in [4.78, 5) is 21.8. The number of likely N-dealkylation sites (N-methyl/N-ethyl adjacent to an activating group) is 1. The van der Waals surface area contributed by atoms with Gasteiger partial charge in [0.05, 0.1) is 31.5 Å². The van der Waals surface area contributed by atoms with Gasteiger partial charge in [-0.15, -0.1) is 12.4 Å². The van der Waals surface area contributed by atoms with Gasteiger partial charge in [0, 0.05) is 13.1 Å². The second kappa shape index (κ2) is 10.3. The normalized spacial score (nSPS) is 11.5. The van der Waals surface area contributed by atoms with E-state index in [1.165, 1.54) is 17.4 Å². The Hall–Kier alpha value is -1.71. The maximum absolute atomic E-state index is 13.6. The summed E-state index contributed by atoms with van der Waals surface area (Å²) >= 11 is 7.69. The van der Waals surface area contributed by atoms with Gasteiger partial charge in [-0.3, -0.25) is 9.69 Å². The Morgan fingerprint density at radius 1 is 1.13 bits per heavy atom. The van der Waals surface area contributed by atoms with Crippen molar-refractivity contribution >= 4 is 66.4 Å². The second-order valence-corrected chi connectivity index (χ2v) is 10.8. The number of carbonyl (C=O) groups is 1. The fourth-order valence-electron chi connectivity index (χ4n) is 3.01. The molecular weight excluding hydrogens is 477 g/mol. The van der Waals surface area contributed by atoms with Crippen LogP contribution in [-0.4, -0.2) is 57.1 Å². The summed E-state index contributed by atoms with van der Waals surface area (Å²) in [5, 5.41) is 1.07. The smallest absolute Gasteiger partial charge is 0.261 e. The van der Waals surface area contributed by atoms with Crippen LogP contribution in [0.4, 0.5) is 5.13 Å². The lowest BCUT2D eigenvalue weighted by atomic mass is 10.2. The predicted molar refractivity (Wildman–Crippen MR) is 131 cm³/mol. The van der Waals surface area contributed by atoms with E-state index in [-0.39, 0.29) is 28.6 Å². The van der Waals surface area contributed by atoms with Gasteiger partial charge in [-0.1, -0.05) is 48.1 Å². The zero-order chi connectivity index (χ0) is 22.1. The number of aryl methyl sites for hydroxylation is 1. The molecule has 3 rings (SSSR count). The average molecular weight is 502 g/mol. The highest BCUT2D eigenvalue weighted by Gasteiger charge is 2.27. The highest BCUT2D eigenvalue weighted by molar-refractivity contribution is 7.91. The highest BCUT2D eigenvalue weighted by Crippen LogP contribution is 2.36. The van der Waals surface area contributed by atoms with Crippen LogP contribution in [-0.2, 0) is 9.84 Å². The Bertz CT molecular complexity index is 1150. The maximum atomic E-state index is 13.6. The number of carbonyl (C=O) groups excluding carboxylic acids is 1. The molecule has 0 fully saturated rings. The Balaban J connectivity index is 0.00000341. The van der Waals surface area contributed by atoms with Crippen LogP contribution in [0.25, 0.3) is 10.2 Å². The Labute approximate surface area is 198 Å². The molecule has 2 aromatic carbocycles. The molecule has 0 aliphatic carbocycles. The van der Waals surface area contributed by atoms with E-state index in [0.29, 0.717) is 23.2 Å². The van der Waals surface area contributed by atoms with Crippen LogP contribution >= 0.6 is 35.3 Å². The summed E-state index contributed by atoms with van der Waals surface area (Å²) in [7, 11) is 0.273. The van der Waals surface area contributed by atoms with Gasteiger partial charge in [0.15, 0.2) is 15.0 Å². The molecule has 1 heterocycles. The molecule has 0 atom stereocenters. The Morgan fingerprint density at radius 3 is 2.42 bits per heavy atom. The number of thiazole rings is 1. The number of nitrogens with zero attached hydrogens (tertiary/aromatic N) is 3. The van der Waals surface area contributed by atoms with E-state index in [4.69, 9.17) is 11.6 Å². The van der Waals surface area contributed by atoms with Gasteiger partial charge in [0.25, 0.3) is 5.91 Å². The number of hydrogen-bond acceptors (Lipinski definition) is 6. The molecular formula is C21H25Cl2N3O3S2. The van der Waals surface area contributed by atoms with E-state index in [1.54, 1.807) is 30.0 Å². The number of benzene rings is 2. The van der Waals surface area contributed by atoms with E-state index in [2.05, 4.69) is 4.98 Å². The zero-order valence-corrected chi connectivity index (χ0v) is 21.0. The summed E-state index contributed by atoms with van der Waals surface area (Å²) in [5.41, 5.74) is 1.87. The van der Waals surface area contributed by atoms with Gasteiger partial charge < -0.3 is 4.90 Å². The molecule has 31 heavy (non-hydrogen) atoms. The largest absolute Gasteiger partial charge is 0.308 e. The number of amides is 1. The molecule has 1 amide bonds. The lowest BCUT2D eigenvalue weighted by Gasteiger charge is -2.23. The lowest BCUT2D eigenvalue weighted by molar-refractivity contribution is 0.0982. The first kappa shape index (κ1) is 25.5. The Morgan fingerprint density at radius 2 is 1.81 bits per heavy atom. The molecule has 0 radical (unpaired) electrons. The van der Waals surface area contributed by atoms with Gasteiger partial charge in [-0.25, -0.2) is 13.4 Å². The first-order valence-corrected chi connectivity index (χ1v) is 12.3. The number of aromatic nitrogens is 1. The van der Waals surface area contributed by atoms with Gasteiger partial charge in [0.1, 0.15) is 0 Å².